The van der Waals surface area contributed by atoms with Crippen molar-refractivity contribution < 1.29 is 4.42 Å². The zero-order chi connectivity index (χ0) is 19.7. The maximum Gasteiger partial charge on any atom is 0.348 e. The normalized spacial score (nSPS) is 16.3. The molecule has 5 nitrogen and oxygen atoms in total. The summed E-state index contributed by atoms with van der Waals surface area (Å²) in [6.45, 7) is 1.86. The Morgan fingerprint density at radius 2 is 1.55 bits per heavy atom. The zero-order valence-corrected chi connectivity index (χ0v) is 17.8. The summed E-state index contributed by atoms with van der Waals surface area (Å²) < 4.78 is 5.66. The average Bonchev–Trinajstić information content (AvgIpc) is 3.25. The molecule has 1 N–H and O–H groups in total. The number of aromatic nitrogens is 2. The maximum absolute atomic E-state index is 13.5. The molecule has 2 aliphatic rings. The number of nitrogens with one attached hydrogen (secondary N) is 1. The van der Waals surface area contributed by atoms with E-state index >= 15 is 0 Å². The summed E-state index contributed by atoms with van der Waals surface area (Å²) in [5.41, 5.74) is 2.96. The van der Waals surface area contributed by atoms with Crippen LogP contribution >= 0.6 is 22.7 Å². The molecule has 148 valence electrons. The van der Waals surface area contributed by atoms with Crippen molar-refractivity contribution in [3.63, 3.8) is 0 Å². The van der Waals surface area contributed by atoms with Crippen LogP contribution in [-0.4, -0.2) is 9.97 Å². The second-order valence-corrected chi connectivity index (χ2v) is 10.3. The third-order valence-electron chi connectivity index (χ3n) is 6.26. The topological polar surface area (TPSA) is 76.0 Å². The van der Waals surface area contributed by atoms with E-state index in [0.29, 0.717) is 21.5 Å². The molecule has 4 aromatic rings. The molecule has 6 rings (SSSR count). The molecular formula is C22H20N2O3S2. The van der Waals surface area contributed by atoms with Crippen molar-refractivity contribution in [2.45, 2.75) is 58.3 Å². The molecule has 0 saturated heterocycles. The number of fused-ring (bicyclic) bond motifs is 6. The maximum atomic E-state index is 13.5. The Hall–Kier alpha value is -2.25. The van der Waals surface area contributed by atoms with E-state index in [1.165, 1.54) is 21.7 Å². The molecule has 0 fully saturated rings. The first-order chi connectivity index (χ1) is 14.1. The van der Waals surface area contributed by atoms with Crippen LogP contribution in [0.25, 0.3) is 31.9 Å². The van der Waals surface area contributed by atoms with Crippen molar-refractivity contribution in [3.05, 3.63) is 47.2 Å². The first-order valence-corrected chi connectivity index (χ1v) is 11.9. The van der Waals surface area contributed by atoms with Crippen molar-refractivity contribution >= 4 is 43.1 Å². The third kappa shape index (κ3) is 2.53. The van der Waals surface area contributed by atoms with Gasteiger partial charge >= 0.3 is 5.63 Å². The highest BCUT2D eigenvalue weighted by Crippen LogP contribution is 2.37. The van der Waals surface area contributed by atoms with Gasteiger partial charge in [0.15, 0.2) is 0 Å². The highest BCUT2D eigenvalue weighted by molar-refractivity contribution is 7.19. The summed E-state index contributed by atoms with van der Waals surface area (Å²) in [5, 5.41) is 1.39. The fraction of sp³-hybridized carbons (Fsp3) is 0.409. The van der Waals surface area contributed by atoms with Gasteiger partial charge in [-0.05, 0) is 69.4 Å². The number of nitrogens with zero attached hydrogens (tertiary/aromatic N) is 1. The highest BCUT2D eigenvalue weighted by atomic mass is 32.1. The van der Waals surface area contributed by atoms with Crippen LogP contribution in [-0.2, 0) is 25.7 Å². The van der Waals surface area contributed by atoms with Crippen LogP contribution in [0, 0.1) is 6.92 Å². The number of aromatic amines is 1. The Labute approximate surface area is 174 Å². The van der Waals surface area contributed by atoms with Gasteiger partial charge in [-0.15, -0.1) is 22.7 Å². The Kier molecular flexibility index (Phi) is 3.87. The molecule has 4 aromatic heterocycles. The van der Waals surface area contributed by atoms with Gasteiger partial charge in [0.05, 0.1) is 5.39 Å². The SMILES string of the molecule is Cc1[nH]c2sc3c(c2c(=O)c1-c1nc2sc4c(c2c(=O)o1)CCCC4)CCCC3. The average molecular weight is 425 g/mol. The van der Waals surface area contributed by atoms with Crippen LogP contribution in [0.4, 0.5) is 0 Å². The monoisotopic (exact) mass is 424 g/mol. The van der Waals surface area contributed by atoms with Crippen LogP contribution in [0.15, 0.2) is 14.0 Å². The largest absolute Gasteiger partial charge is 0.403 e. The smallest absolute Gasteiger partial charge is 0.348 e. The van der Waals surface area contributed by atoms with Crippen molar-refractivity contribution in [2.24, 2.45) is 0 Å². The van der Waals surface area contributed by atoms with Crippen LogP contribution in [0.1, 0.15) is 52.3 Å². The minimum Gasteiger partial charge on any atom is -0.403 e. The molecule has 2 aliphatic carbocycles. The molecule has 0 saturated carbocycles. The van der Waals surface area contributed by atoms with Gasteiger partial charge in [-0.2, -0.15) is 0 Å². The lowest BCUT2D eigenvalue weighted by Gasteiger charge is -2.10. The van der Waals surface area contributed by atoms with E-state index in [2.05, 4.69) is 9.97 Å². The lowest BCUT2D eigenvalue weighted by molar-refractivity contribution is 0.517. The molecule has 0 unspecified atom stereocenters. The molecule has 4 heterocycles. The summed E-state index contributed by atoms with van der Waals surface area (Å²) in [7, 11) is 0. The Morgan fingerprint density at radius 3 is 2.31 bits per heavy atom. The molecule has 0 amide bonds. The molecule has 0 spiro atoms. The van der Waals surface area contributed by atoms with Gasteiger partial charge in [-0.3, -0.25) is 4.79 Å². The minimum absolute atomic E-state index is 0.0630. The summed E-state index contributed by atoms with van der Waals surface area (Å²) >= 11 is 3.27. The van der Waals surface area contributed by atoms with Gasteiger partial charge in [0.2, 0.25) is 11.3 Å². The predicted octanol–water partition coefficient (Wildman–Crippen LogP) is 4.89. The van der Waals surface area contributed by atoms with Crippen molar-refractivity contribution in [1.82, 2.24) is 9.97 Å². The van der Waals surface area contributed by atoms with E-state index in [0.717, 1.165) is 60.7 Å². The standard InChI is InChI=1S/C22H20N2O3S2/c1-10-15(18(25)16-11-6-2-4-8-13(11)28-20(16)23-10)19-24-21-17(22(26)27-19)12-7-3-5-9-14(12)29-21/h2-9H2,1H3,(H,23,25). The Morgan fingerprint density at radius 1 is 0.897 bits per heavy atom. The molecule has 7 heteroatoms. The van der Waals surface area contributed by atoms with Crippen LogP contribution in [0.5, 0.6) is 0 Å². The number of H-pyrrole nitrogens is 1. The number of pyridine rings is 1. The van der Waals surface area contributed by atoms with E-state index < -0.39 is 0 Å². The summed E-state index contributed by atoms with van der Waals surface area (Å²) in [6, 6.07) is 0. The van der Waals surface area contributed by atoms with E-state index in [1.54, 1.807) is 22.7 Å². The first kappa shape index (κ1) is 17.6. The van der Waals surface area contributed by atoms with Gasteiger partial charge in [-0.25, -0.2) is 9.78 Å². The highest BCUT2D eigenvalue weighted by Gasteiger charge is 2.25. The molecular weight excluding hydrogens is 404 g/mol. The number of aryl methyl sites for hydroxylation is 5. The molecule has 0 aromatic carbocycles. The van der Waals surface area contributed by atoms with Gasteiger partial charge < -0.3 is 9.40 Å². The first-order valence-electron chi connectivity index (χ1n) is 10.2. The minimum atomic E-state index is -0.365. The second-order valence-electron chi connectivity index (χ2n) is 8.07. The molecule has 29 heavy (non-hydrogen) atoms. The van der Waals surface area contributed by atoms with Gasteiger partial charge in [0.1, 0.15) is 20.6 Å². The van der Waals surface area contributed by atoms with E-state index in [4.69, 9.17) is 4.42 Å². The fourth-order valence-electron chi connectivity index (χ4n) is 4.88. The number of thiophene rings is 2. The van der Waals surface area contributed by atoms with Gasteiger partial charge in [-0.1, -0.05) is 0 Å². The summed E-state index contributed by atoms with van der Waals surface area (Å²) in [6.07, 6.45) is 8.42. The van der Waals surface area contributed by atoms with Gasteiger partial charge in [0, 0.05) is 15.4 Å². The van der Waals surface area contributed by atoms with Crippen LogP contribution in [0.3, 0.4) is 0 Å². The van der Waals surface area contributed by atoms with Crippen LogP contribution in [0.2, 0.25) is 0 Å². The molecule has 0 aliphatic heterocycles. The van der Waals surface area contributed by atoms with E-state index in [9.17, 15) is 9.59 Å². The van der Waals surface area contributed by atoms with Crippen molar-refractivity contribution in [1.29, 1.82) is 0 Å². The lowest BCUT2D eigenvalue weighted by atomic mass is 9.96. The van der Waals surface area contributed by atoms with Crippen molar-refractivity contribution in [2.75, 3.05) is 0 Å². The molecule has 0 atom stereocenters. The molecule has 0 bridgehead atoms. The van der Waals surface area contributed by atoms with E-state index in [1.807, 2.05) is 6.92 Å². The van der Waals surface area contributed by atoms with Crippen LogP contribution < -0.4 is 11.1 Å². The zero-order valence-electron chi connectivity index (χ0n) is 16.1. The third-order valence-corrected chi connectivity index (χ3v) is 8.66. The summed E-state index contributed by atoms with van der Waals surface area (Å²) in [5.74, 6) is 0.150. The molecule has 0 radical (unpaired) electrons. The quantitative estimate of drug-likeness (QED) is 0.472. The number of rotatable bonds is 1. The fourth-order valence-corrected chi connectivity index (χ4v) is 7.47. The van der Waals surface area contributed by atoms with Crippen molar-refractivity contribution in [3.8, 4) is 11.5 Å². The van der Waals surface area contributed by atoms with E-state index in [-0.39, 0.29) is 16.9 Å². The Balaban J connectivity index is 1.63. The summed E-state index contributed by atoms with van der Waals surface area (Å²) in [4.78, 5) is 38.6. The number of hydrogen-bond donors (Lipinski definition) is 1. The lowest BCUT2D eigenvalue weighted by Crippen LogP contribution is -2.14. The second kappa shape index (κ2) is 6.37. The van der Waals surface area contributed by atoms with Gasteiger partial charge in [0.25, 0.3) is 0 Å². The Bertz CT molecular complexity index is 1420. The predicted molar refractivity (Wildman–Crippen MR) is 118 cm³/mol. The number of hydrogen-bond acceptors (Lipinski definition) is 6.